The average molecular weight is 395 g/mol. The quantitative estimate of drug-likeness (QED) is 0.754. The lowest BCUT2D eigenvalue weighted by Crippen LogP contribution is -2.53. The second-order valence-corrected chi connectivity index (χ2v) is 7.82. The van der Waals surface area contributed by atoms with E-state index in [2.05, 4.69) is 13.8 Å². The first kappa shape index (κ1) is 20.9. The highest BCUT2D eigenvalue weighted by Gasteiger charge is 2.28. The largest absolute Gasteiger partial charge is 0.481 e. The predicted octanol–water partition coefficient (Wildman–Crippen LogP) is 3.49. The summed E-state index contributed by atoms with van der Waals surface area (Å²) >= 11 is 0. The highest BCUT2D eigenvalue weighted by atomic mass is 16.5. The number of hydrogen-bond donors (Lipinski definition) is 0. The Morgan fingerprint density at radius 2 is 1.45 bits per heavy atom. The number of amides is 2. The van der Waals surface area contributed by atoms with Crippen LogP contribution >= 0.6 is 0 Å². The van der Waals surface area contributed by atoms with E-state index >= 15 is 0 Å². The molecular formula is C24H30N2O3. The second-order valence-electron chi connectivity index (χ2n) is 7.82. The fraction of sp³-hybridized carbons (Fsp3) is 0.417. The van der Waals surface area contributed by atoms with Crippen molar-refractivity contribution >= 4 is 11.8 Å². The Hall–Kier alpha value is -2.82. The van der Waals surface area contributed by atoms with Crippen LogP contribution in [0.2, 0.25) is 0 Å². The van der Waals surface area contributed by atoms with Gasteiger partial charge >= 0.3 is 0 Å². The highest BCUT2D eigenvalue weighted by molar-refractivity contribution is 5.82. The maximum atomic E-state index is 12.8. The molecule has 0 N–H and O–H groups in total. The summed E-state index contributed by atoms with van der Waals surface area (Å²) in [5, 5.41) is 0. The monoisotopic (exact) mass is 394 g/mol. The van der Waals surface area contributed by atoms with E-state index < -0.39 is 6.10 Å². The maximum Gasteiger partial charge on any atom is 0.263 e. The van der Waals surface area contributed by atoms with Crippen molar-refractivity contribution in [3.63, 3.8) is 0 Å². The Morgan fingerprint density at radius 1 is 0.862 bits per heavy atom. The lowest BCUT2D eigenvalue weighted by Gasteiger charge is -2.36. The van der Waals surface area contributed by atoms with Gasteiger partial charge in [0.15, 0.2) is 6.10 Å². The molecule has 154 valence electrons. The highest BCUT2D eigenvalue weighted by Crippen LogP contribution is 2.27. The van der Waals surface area contributed by atoms with Gasteiger partial charge in [-0.3, -0.25) is 9.59 Å². The molecule has 1 aliphatic heterocycles. The molecule has 3 rings (SSSR count). The van der Waals surface area contributed by atoms with Gasteiger partial charge in [-0.2, -0.15) is 0 Å². The van der Waals surface area contributed by atoms with Gasteiger partial charge in [-0.05, 0) is 30.0 Å². The first-order valence-corrected chi connectivity index (χ1v) is 10.3. The first-order valence-electron chi connectivity index (χ1n) is 10.3. The van der Waals surface area contributed by atoms with Crippen LogP contribution in [-0.4, -0.2) is 53.9 Å². The molecule has 0 bridgehead atoms. The fourth-order valence-corrected chi connectivity index (χ4v) is 3.62. The number of ether oxygens (including phenoxy) is 1. The van der Waals surface area contributed by atoms with Crippen molar-refractivity contribution in [2.75, 3.05) is 26.2 Å². The van der Waals surface area contributed by atoms with Gasteiger partial charge in [0, 0.05) is 26.2 Å². The number of piperazine rings is 1. The molecule has 0 spiro atoms. The van der Waals surface area contributed by atoms with Crippen LogP contribution in [0.3, 0.4) is 0 Å². The Labute approximate surface area is 173 Å². The molecule has 2 aromatic carbocycles. The minimum atomic E-state index is -0.554. The molecule has 1 atom stereocenters. The minimum absolute atomic E-state index is 0.0290. The number of nitrogens with zero attached hydrogens (tertiary/aromatic N) is 2. The van der Waals surface area contributed by atoms with E-state index in [9.17, 15) is 9.59 Å². The van der Waals surface area contributed by atoms with Gasteiger partial charge in [0.2, 0.25) is 5.91 Å². The minimum Gasteiger partial charge on any atom is -0.481 e. The molecule has 5 nitrogen and oxygen atoms in total. The zero-order valence-electron chi connectivity index (χ0n) is 17.5. The molecule has 29 heavy (non-hydrogen) atoms. The molecule has 0 aromatic heterocycles. The van der Waals surface area contributed by atoms with Crippen molar-refractivity contribution < 1.29 is 14.3 Å². The molecular weight excluding hydrogens is 364 g/mol. The Kier molecular flexibility index (Phi) is 6.91. The van der Waals surface area contributed by atoms with Crippen molar-refractivity contribution in [3.8, 4) is 5.75 Å². The summed E-state index contributed by atoms with van der Waals surface area (Å²) in [5.41, 5.74) is 2.12. The third-order valence-corrected chi connectivity index (χ3v) is 5.33. The molecule has 5 heteroatoms. The van der Waals surface area contributed by atoms with Crippen LogP contribution in [0.5, 0.6) is 5.75 Å². The van der Waals surface area contributed by atoms with Gasteiger partial charge in [-0.25, -0.2) is 0 Å². The van der Waals surface area contributed by atoms with Crippen LogP contribution < -0.4 is 4.74 Å². The van der Waals surface area contributed by atoms with Gasteiger partial charge in [-0.15, -0.1) is 0 Å². The second kappa shape index (κ2) is 9.59. The number of benzene rings is 2. The van der Waals surface area contributed by atoms with Crippen molar-refractivity contribution in [2.45, 2.75) is 39.2 Å². The zero-order chi connectivity index (χ0) is 20.8. The van der Waals surface area contributed by atoms with Crippen molar-refractivity contribution in [1.29, 1.82) is 0 Å². The topological polar surface area (TPSA) is 49.9 Å². The summed E-state index contributed by atoms with van der Waals surface area (Å²) in [7, 11) is 0. The lowest BCUT2D eigenvalue weighted by molar-refractivity contribution is -0.143. The Bertz CT molecular complexity index is 827. The standard InChI is InChI=1S/C24H30N2O3/c1-18(2)21-11-7-8-12-22(21)29-19(3)24(28)26-15-13-25(14-16-26)23(27)17-20-9-5-4-6-10-20/h4-12,18-19H,13-17H2,1-3H3. The summed E-state index contributed by atoms with van der Waals surface area (Å²) in [6.07, 6.45) is -0.151. The number of carbonyl (C=O) groups is 2. The normalized spacial score (nSPS) is 15.3. The van der Waals surface area contributed by atoms with E-state index in [0.717, 1.165) is 16.9 Å². The van der Waals surface area contributed by atoms with Crippen LogP contribution in [0, 0.1) is 0 Å². The third-order valence-electron chi connectivity index (χ3n) is 5.33. The number of para-hydroxylation sites is 1. The van der Waals surface area contributed by atoms with Gasteiger partial charge < -0.3 is 14.5 Å². The lowest BCUT2D eigenvalue weighted by atomic mass is 10.0. The molecule has 2 aromatic rings. The molecule has 1 unspecified atom stereocenters. The molecule has 1 heterocycles. The summed E-state index contributed by atoms with van der Waals surface area (Å²) in [5.74, 6) is 1.17. The Morgan fingerprint density at radius 3 is 2.10 bits per heavy atom. The number of rotatable bonds is 6. The molecule has 1 aliphatic rings. The van der Waals surface area contributed by atoms with Crippen LogP contribution in [0.4, 0.5) is 0 Å². The Balaban J connectivity index is 1.52. The smallest absolute Gasteiger partial charge is 0.263 e. The fourth-order valence-electron chi connectivity index (χ4n) is 3.62. The average Bonchev–Trinajstić information content (AvgIpc) is 2.74. The van der Waals surface area contributed by atoms with Gasteiger partial charge in [-0.1, -0.05) is 62.4 Å². The maximum absolute atomic E-state index is 12.8. The summed E-state index contributed by atoms with van der Waals surface area (Å²) in [4.78, 5) is 29.0. The third kappa shape index (κ3) is 5.37. The van der Waals surface area contributed by atoms with Gasteiger partial charge in [0.1, 0.15) is 5.75 Å². The molecule has 0 radical (unpaired) electrons. The summed E-state index contributed by atoms with van der Waals surface area (Å²) in [6.45, 7) is 8.23. The SMILES string of the molecule is CC(Oc1ccccc1C(C)C)C(=O)N1CCN(C(=O)Cc2ccccc2)CC1. The van der Waals surface area contributed by atoms with Crippen molar-refractivity contribution in [1.82, 2.24) is 9.80 Å². The van der Waals surface area contributed by atoms with E-state index in [4.69, 9.17) is 4.74 Å². The number of carbonyl (C=O) groups excluding carboxylic acids is 2. The van der Waals surface area contributed by atoms with Crippen LogP contribution in [-0.2, 0) is 16.0 Å². The first-order chi connectivity index (χ1) is 14.0. The predicted molar refractivity (Wildman–Crippen MR) is 114 cm³/mol. The van der Waals surface area contributed by atoms with Crippen molar-refractivity contribution in [3.05, 3.63) is 65.7 Å². The van der Waals surface area contributed by atoms with Crippen molar-refractivity contribution in [2.24, 2.45) is 0 Å². The van der Waals surface area contributed by atoms with E-state index in [1.54, 1.807) is 11.8 Å². The molecule has 0 saturated carbocycles. The van der Waals surface area contributed by atoms with Crippen LogP contribution in [0.1, 0.15) is 37.8 Å². The summed E-state index contributed by atoms with van der Waals surface area (Å²) < 4.78 is 6.00. The summed E-state index contributed by atoms with van der Waals surface area (Å²) in [6, 6.07) is 17.6. The zero-order valence-corrected chi connectivity index (χ0v) is 17.5. The number of hydrogen-bond acceptors (Lipinski definition) is 3. The molecule has 1 saturated heterocycles. The molecule has 0 aliphatic carbocycles. The van der Waals surface area contributed by atoms with E-state index in [0.29, 0.717) is 38.5 Å². The molecule has 2 amide bonds. The molecule has 1 fully saturated rings. The van der Waals surface area contributed by atoms with E-state index in [1.807, 2.05) is 59.5 Å². The van der Waals surface area contributed by atoms with Gasteiger partial charge in [0.25, 0.3) is 5.91 Å². The van der Waals surface area contributed by atoms with Crippen LogP contribution in [0.15, 0.2) is 54.6 Å². The van der Waals surface area contributed by atoms with E-state index in [-0.39, 0.29) is 11.8 Å². The van der Waals surface area contributed by atoms with Crippen LogP contribution in [0.25, 0.3) is 0 Å². The van der Waals surface area contributed by atoms with E-state index in [1.165, 1.54) is 0 Å². The van der Waals surface area contributed by atoms with Gasteiger partial charge in [0.05, 0.1) is 6.42 Å².